The fourth-order valence-corrected chi connectivity index (χ4v) is 1.55. The van der Waals surface area contributed by atoms with Gasteiger partial charge in [0.25, 0.3) is 0 Å². The zero-order chi connectivity index (χ0) is 13.0. The van der Waals surface area contributed by atoms with Gasteiger partial charge in [0, 0.05) is 18.5 Å². The highest BCUT2D eigenvalue weighted by Gasteiger charge is 2.11. The number of nitrogens with zero attached hydrogens (tertiary/aromatic N) is 1. The molecule has 4 heteroatoms. The second kappa shape index (κ2) is 5.31. The van der Waals surface area contributed by atoms with E-state index in [2.05, 4.69) is 11.9 Å². The average molecular weight is 243 g/mol. The fourth-order valence-electron chi connectivity index (χ4n) is 1.55. The Balaban J connectivity index is 2.25. The van der Waals surface area contributed by atoms with Crippen LogP contribution in [0.5, 0.6) is 11.5 Å². The third kappa shape index (κ3) is 2.66. The minimum absolute atomic E-state index is 0.0528. The lowest BCUT2D eigenvalue weighted by molar-refractivity contribution is 0.0693. The van der Waals surface area contributed by atoms with Crippen molar-refractivity contribution in [2.75, 3.05) is 0 Å². The second-order valence-corrected chi connectivity index (χ2v) is 3.78. The van der Waals surface area contributed by atoms with Crippen LogP contribution in [0.15, 0.2) is 42.7 Å². The number of carboxylic acid groups (broad SMARTS) is 1. The van der Waals surface area contributed by atoms with Gasteiger partial charge in [-0.1, -0.05) is 19.1 Å². The fraction of sp³-hybridized carbons (Fsp3) is 0.143. The molecule has 1 N–H and O–H groups in total. The summed E-state index contributed by atoms with van der Waals surface area (Å²) in [4.78, 5) is 14.8. The van der Waals surface area contributed by atoms with Crippen LogP contribution in [0.4, 0.5) is 0 Å². The van der Waals surface area contributed by atoms with Gasteiger partial charge in [-0.3, -0.25) is 4.98 Å². The van der Waals surface area contributed by atoms with Gasteiger partial charge in [0.1, 0.15) is 17.1 Å². The van der Waals surface area contributed by atoms with Gasteiger partial charge in [0.05, 0.1) is 0 Å². The van der Waals surface area contributed by atoms with Crippen molar-refractivity contribution in [3.63, 3.8) is 0 Å². The van der Waals surface area contributed by atoms with Gasteiger partial charge in [0.15, 0.2) is 0 Å². The summed E-state index contributed by atoms with van der Waals surface area (Å²) in [5.41, 5.74) is 1.26. The van der Waals surface area contributed by atoms with Crippen LogP contribution in [-0.2, 0) is 6.42 Å². The van der Waals surface area contributed by atoms with Crippen LogP contribution in [0.1, 0.15) is 22.8 Å². The number of hydrogen-bond donors (Lipinski definition) is 1. The summed E-state index contributed by atoms with van der Waals surface area (Å²) in [7, 11) is 0. The number of carboxylic acids is 1. The van der Waals surface area contributed by atoms with Crippen molar-refractivity contribution in [2.45, 2.75) is 13.3 Å². The van der Waals surface area contributed by atoms with Crippen molar-refractivity contribution in [1.82, 2.24) is 4.98 Å². The number of aryl methyl sites for hydroxylation is 1. The van der Waals surface area contributed by atoms with Crippen molar-refractivity contribution < 1.29 is 14.6 Å². The molecule has 0 aliphatic rings. The maximum absolute atomic E-state index is 11.0. The van der Waals surface area contributed by atoms with Gasteiger partial charge in [0.2, 0.25) is 0 Å². The van der Waals surface area contributed by atoms with Gasteiger partial charge in [-0.2, -0.15) is 0 Å². The first-order valence-electron chi connectivity index (χ1n) is 5.65. The van der Waals surface area contributed by atoms with Gasteiger partial charge in [-0.05, 0) is 24.1 Å². The third-order valence-corrected chi connectivity index (χ3v) is 2.57. The highest BCUT2D eigenvalue weighted by Crippen LogP contribution is 2.24. The van der Waals surface area contributed by atoms with Crippen molar-refractivity contribution >= 4 is 5.97 Å². The Bertz CT molecular complexity index is 549. The van der Waals surface area contributed by atoms with E-state index in [4.69, 9.17) is 9.84 Å². The van der Waals surface area contributed by atoms with E-state index in [0.29, 0.717) is 11.5 Å². The number of pyridine rings is 1. The highest BCUT2D eigenvalue weighted by molar-refractivity contribution is 5.90. The molecule has 0 unspecified atom stereocenters. The van der Waals surface area contributed by atoms with E-state index in [1.165, 1.54) is 24.0 Å². The number of aromatic carboxylic acids is 1. The van der Waals surface area contributed by atoms with E-state index < -0.39 is 5.97 Å². The molecule has 0 amide bonds. The molecule has 1 heterocycles. The summed E-state index contributed by atoms with van der Waals surface area (Å²) >= 11 is 0. The van der Waals surface area contributed by atoms with Gasteiger partial charge < -0.3 is 9.84 Å². The van der Waals surface area contributed by atoms with Gasteiger partial charge >= 0.3 is 5.97 Å². The molecule has 0 aliphatic carbocycles. The maximum Gasteiger partial charge on any atom is 0.341 e. The van der Waals surface area contributed by atoms with Crippen LogP contribution in [0.2, 0.25) is 0 Å². The SMILES string of the molecule is CCc1ccc(Oc2ccncc2C(=O)O)cc1. The Morgan fingerprint density at radius 3 is 2.61 bits per heavy atom. The summed E-state index contributed by atoms with van der Waals surface area (Å²) in [6, 6.07) is 9.10. The van der Waals surface area contributed by atoms with Crippen molar-refractivity contribution in [3.8, 4) is 11.5 Å². The molecule has 92 valence electrons. The monoisotopic (exact) mass is 243 g/mol. The molecule has 0 fully saturated rings. The average Bonchev–Trinajstić information content (AvgIpc) is 2.40. The molecule has 0 saturated carbocycles. The maximum atomic E-state index is 11.0. The molecule has 0 saturated heterocycles. The predicted molar refractivity (Wildman–Crippen MR) is 67.1 cm³/mol. The van der Waals surface area contributed by atoms with Crippen LogP contribution in [0.3, 0.4) is 0 Å². The molecule has 0 spiro atoms. The van der Waals surface area contributed by atoms with Crippen LogP contribution in [0.25, 0.3) is 0 Å². The van der Waals surface area contributed by atoms with Gasteiger partial charge in [-0.25, -0.2) is 4.79 Å². The Morgan fingerprint density at radius 1 is 1.28 bits per heavy atom. The lowest BCUT2D eigenvalue weighted by atomic mass is 10.2. The zero-order valence-corrected chi connectivity index (χ0v) is 9.96. The van der Waals surface area contributed by atoms with E-state index in [1.54, 1.807) is 0 Å². The summed E-state index contributed by atoms with van der Waals surface area (Å²) in [5, 5.41) is 9.01. The van der Waals surface area contributed by atoms with E-state index >= 15 is 0 Å². The summed E-state index contributed by atoms with van der Waals surface area (Å²) in [6.45, 7) is 2.07. The van der Waals surface area contributed by atoms with Crippen LogP contribution in [0, 0.1) is 0 Å². The standard InChI is InChI=1S/C14H13NO3/c1-2-10-3-5-11(6-4-10)18-13-7-8-15-9-12(13)14(16)17/h3-9H,2H2,1H3,(H,16,17). The lowest BCUT2D eigenvalue weighted by Crippen LogP contribution is -2.00. The van der Waals surface area contributed by atoms with E-state index in [0.717, 1.165) is 6.42 Å². The largest absolute Gasteiger partial charge is 0.477 e. The molecular formula is C14H13NO3. The van der Waals surface area contributed by atoms with E-state index in [1.807, 2.05) is 24.3 Å². The predicted octanol–water partition coefficient (Wildman–Crippen LogP) is 3.13. The number of ether oxygens (including phenoxy) is 1. The molecule has 1 aromatic heterocycles. The zero-order valence-electron chi connectivity index (χ0n) is 9.96. The van der Waals surface area contributed by atoms with Crippen molar-refractivity contribution in [1.29, 1.82) is 0 Å². The summed E-state index contributed by atoms with van der Waals surface area (Å²) in [6.07, 6.45) is 3.73. The van der Waals surface area contributed by atoms with Crippen molar-refractivity contribution in [2.24, 2.45) is 0 Å². The van der Waals surface area contributed by atoms with Gasteiger partial charge in [-0.15, -0.1) is 0 Å². The number of carbonyl (C=O) groups is 1. The molecule has 1 aromatic carbocycles. The minimum Gasteiger partial charge on any atom is -0.477 e. The Hall–Kier alpha value is -2.36. The Labute approximate surface area is 105 Å². The second-order valence-electron chi connectivity index (χ2n) is 3.78. The quantitative estimate of drug-likeness (QED) is 0.896. The molecule has 2 rings (SSSR count). The molecule has 18 heavy (non-hydrogen) atoms. The smallest absolute Gasteiger partial charge is 0.341 e. The number of benzene rings is 1. The number of aromatic nitrogens is 1. The molecule has 0 atom stereocenters. The topological polar surface area (TPSA) is 59.4 Å². The number of hydrogen-bond acceptors (Lipinski definition) is 3. The first-order valence-corrected chi connectivity index (χ1v) is 5.65. The molecule has 0 radical (unpaired) electrons. The number of rotatable bonds is 4. The van der Waals surface area contributed by atoms with Crippen molar-refractivity contribution in [3.05, 3.63) is 53.9 Å². The molecule has 0 aliphatic heterocycles. The normalized spacial score (nSPS) is 10.1. The molecule has 0 bridgehead atoms. The molecule has 4 nitrogen and oxygen atoms in total. The first-order chi connectivity index (χ1) is 8.70. The van der Waals surface area contributed by atoms with E-state index in [9.17, 15) is 4.79 Å². The third-order valence-electron chi connectivity index (χ3n) is 2.57. The van der Waals surface area contributed by atoms with Crippen LogP contribution in [-0.4, -0.2) is 16.1 Å². The summed E-state index contributed by atoms with van der Waals surface area (Å²) in [5.74, 6) is -0.147. The molecule has 2 aromatic rings. The van der Waals surface area contributed by atoms with Crippen LogP contribution >= 0.6 is 0 Å². The molecular weight excluding hydrogens is 230 g/mol. The minimum atomic E-state index is -1.05. The lowest BCUT2D eigenvalue weighted by Gasteiger charge is -2.08. The van der Waals surface area contributed by atoms with E-state index in [-0.39, 0.29) is 5.56 Å². The Morgan fingerprint density at radius 2 is 2.00 bits per heavy atom. The first kappa shape index (κ1) is 12.1. The highest BCUT2D eigenvalue weighted by atomic mass is 16.5. The summed E-state index contributed by atoms with van der Waals surface area (Å²) < 4.78 is 5.55. The van der Waals surface area contributed by atoms with Crippen LogP contribution < -0.4 is 4.74 Å². The Kier molecular flexibility index (Phi) is 3.57.